The van der Waals surface area contributed by atoms with Crippen LogP contribution in [-0.2, 0) is 12.3 Å². The first-order valence-electron chi connectivity index (χ1n) is 9.94. The van der Waals surface area contributed by atoms with E-state index in [0.717, 1.165) is 38.2 Å². The van der Waals surface area contributed by atoms with Crippen molar-refractivity contribution in [1.29, 1.82) is 0 Å². The number of nitrogens with zero attached hydrogens (tertiary/aromatic N) is 4. The van der Waals surface area contributed by atoms with E-state index in [-0.39, 0.29) is 16.8 Å². The molecule has 3 rings (SSSR count). The lowest BCUT2D eigenvalue weighted by molar-refractivity contribution is -0.0929. The lowest BCUT2D eigenvalue weighted by Gasteiger charge is -2.23. The molecular formula is C20H25F2N5O2S. The van der Waals surface area contributed by atoms with E-state index in [9.17, 15) is 18.7 Å². The molecule has 1 amide bonds. The lowest BCUT2D eigenvalue weighted by atomic mass is 10.0. The van der Waals surface area contributed by atoms with Crippen LogP contribution in [-0.4, -0.2) is 60.3 Å². The Kier molecular flexibility index (Phi) is 7.92. The maximum Gasteiger partial charge on any atom is 0.302 e. The lowest BCUT2D eigenvalue weighted by Crippen LogP contribution is -2.34. The second-order valence-electron chi connectivity index (χ2n) is 7.15. The maximum absolute atomic E-state index is 14.4. The molecule has 2 unspecified atom stereocenters. The number of tetrazole rings is 1. The topological polar surface area (TPSA) is 95.0 Å². The summed E-state index contributed by atoms with van der Waals surface area (Å²) in [6, 6.07) is 6.95. The number of unbranched alkanes of at least 4 members (excludes halogenated alkanes) is 3. The van der Waals surface area contributed by atoms with Crippen molar-refractivity contribution in [2.45, 2.75) is 50.2 Å². The largest absolute Gasteiger partial charge is 0.382 e. The Bertz CT molecular complexity index is 820. The number of alkyl halides is 2. The number of aromatic amines is 1. The van der Waals surface area contributed by atoms with Gasteiger partial charge in [-0.25, -0.2) is 0 Å². The number of carbonyl (C=O) groups excluding carboxylic acids is 1. The summed E-state index contributed by atoms with van der Waals surface area (Å²) >= 11 is 1.18. The van der Waals surface area contributed by atoms with Gasteiger partial charge < -0.3 is 10.0 Å². The summed E-state index contributed by atoms with van der Waals surface area (Å²) in [5.41, 5.74) is -0.239. The molecule has 1 fully saturated rings. The molecule has 2 aromatic rings. The zero-order valence-electron chi connectivity index (χ0n) is 16.5. The molecule has 0 radical (unpaired) electrons. The molecule has 7 nitrogen and oxygen atoms in total. The van der Waals surface area contributed by atoms with E-state index < -0.39 is 12.0 Å². The number of amides is 1. The van der Waals surface area contributed by atoms with Crippen LogP contribution in [0.5, 0.6) is 0 Å². The number of benzene rings is 1. The summed E-state index contributed by atoms with van der Waals surface area (Å²) in [5.74, 6) is -2.20. The van der Waals surface area contributed by atoms with Crippen LogP contribution in [0.2, 0.25) is 0 Å². The minimum Gasteiger partial charge on any atom is -0.382 e. The SMILES string of the molecule is O=C1SCC(C=CC(O)C(F)(F)c2ccccc2)N1CCCCCCc1nn[nH]n1. The Labute approximate surface area is 177 Å². The molecule has 0 spiro atoms. The Morgan fingerprint density at radius 1 is 1.27 bits per heavy atom. The highest BCUT2D eigenvalue weighted by Gasteiger charge is 2.39. The molecule has 0 aliphatic carbocycles. The Morgan fingerprint density at radius 3 is 2.77 bits per heavy atom. The van der Waals surface area contributed by atoms with Gasteiger partial charge in [0.05, 0.1) is 6.04 Å². The first kappa shape index (κ1) is 22.4. The second kappa shape index (κ2) is 10.6. The molecule has 30 heavy (non-hydrogen) atoms. The number of hydrogen-bond acceptors (Lipinski definition) is 6. The molecule has 2 heterocycles. The molecule has 1 aliphatic rings. The first-order chi connectivity index (χ1) is 14.5. The van der Waals surface area contributed by atoms with Gasteiger partial charge in [-0.2, -0.15) is 14.0 Å². The summed E-state index contributed by atoms with van der Waals surface area (Å²) in [6.07, 6.45) is 5.12. The molecule has 0 saturated carbocycles. The third kappa shape index (κ3) is 5.85. The van der Waals surface area contributed by atoms with E-state index in [2.05, 4.69) is 20.6 Å². The number of aliphatic hydroxyl groups excluding tert-OH is 1. The third-order valence-electron chi connectivity index (χ3n) is 5.00. The monoisotopic (exact) mass is 437 g/mol. The molecule has 162 valence electrons. The van der Waals surface area contributed by atoms with Crippen LogP contribution in [0.1, 0.15) is 37.1 Å². The number of aliphatic hydroxyl groups is 1. The fraction of sp³-hybridized carbons (Fsp3) is 0.500. The van der Waals surface area contributed by atoms with Gasteiger partial charge in [-0.3, -0.25) is 4.79 Å². The number of thioether (sulfide) groups is 1. The molecule has 2 N–H and O–H groups in total. The average molecular weight is 438 g/mol. The third-order valence-corrected chi connectivity index (χ3v) is 5.99. The van der Waals surface area contributed by atoms with Gasteiger partial charge in [-0.05, 0) is 12.8 Å². The predicted octanol–water partition coefficient (Wildman–Crippen LogP) is 3.55. The minimum atomic E-state index is -3.39. The van der Waals surface area contributed by atoms with E-state index in [4.69, 9.17) is 0 Å². The fourth-order valence-electron chi connectivity index (χ4n) is 3.27. The zero-order chi connectivity index (χ0) is 21.4. The Morgan fingerprint density at radius 2 is 2.03 bits per heavy atom. The number of hydrogen-bond donors (Lipinski definition) is 2. The number of aromatic nitrogens is 4. The summed E-state index contributed by atoms with van der Waals surface area (Å²) in [6.45, 7) is 0.564. The van der Waals surface area contributed by atoms with Crippen molar-refractivity contribution in [2.24, 2.45) is 0 Å². The van der Waals surface area contributed by atoms with E-state index in [1.165, 1.54) is 42.1 Å². The van der Waals surface area contributed by atoms with Crippen LogP contribution in [0.25, 0.3) is 0 Å². The van der Waals surface area contributed by atoms with Crippen molar-refractivity contribution in [3.8, 4) is 0 Å². The Balaban J connectivity index is 1.45. The number of H-pyrrole nitrogens is 1. The molecule has 1 aromatic heterocycles. The van der Waals surface area contributed by atoms with E-state index in [0.29, 0.717) is 18.1 Å². The summed E-state index contributed by atoms with van der Waals surface area (Å²) in [4.78, 5) is 13.8. The van der Waals surface area contributed by atoms with Crippen LogP contribution < -0.4 is 0 Å². The number of nitrogens with one attached hydrogen (secondary N) is 1. The van der Waals surface area contributed by atoms with Gasteiger partial charge in [-0.1, -0.05) is 72.3 Å². The molecular weight excluding hydrogens is 412 g/mol. The minimum absolute atomic E-state index is 0.0549. The molecule has 1 aliphatic heterocycles. The van der Waals surface area contributed by atoms with Crippen LogP contribution in [0.15, 0.2) is 42.5 Å². The van der Waals surface area contributed by atoms with Gasteiger partial charge in [0, 0.05) is 24.3 Å². The zero-order valence-corrected chi connectivity index (χ0v) is 17.3. The van der Waals surface area contributed by atoms with Crippen LogP contribution in [0.3, 0.4) is 0 Å². The van der Waals surface area contributed by atoms with E-state index in [1.54, 1.807) is 11.0 Å². The van der Waals surface area contributed by atoms with Crippen LogP contribution in [0.4, 0.5) is 13.6 Å². The van der Waals surface area contributed by atoms with E-state index in [1.807, 2.05) is 0 Å². The van der Waals surface area contributed by atoms with Crippen molar-refractivity contribution in [3.63, 3.8) is 0 Å². The quantitative estimate of drug-likeness (QED) is 0.412. The first-order valence-corrected chi connectivity index (χ1v) is 10.9. The number of carbonyl (C=O) groups is 1. The second-order valence-corrected chi connectivity index (χ2v) is 8.12. The van der Waals surface area contributed by atoms with E-state index >= 15 is 0 Å². The standard InChI is InChI=1S/C20H25F2N5O2S/c21-20(22,15-8-4-3-5-9-15)17(28)12-11-16-14-30-19(29)27(16)13-7-2-1-6-10-18-23-25-26-24-18/h3-5,8-9,11-12,16-17,28H,1-2,6-7,10,13-14H2,(H,23,24,25,26). The number of rotatable bonds is 11. The molecule has 10 heteroatoms. The van der Waals surface area contributed by atoms with Gasteiger partial charge in [0.1, 0.15) is 6.10 Å². The molecule has 1 saturated heterocycles. The van der Waals surface area contributed by atoms with Crippen molar-refractivity contribution < 1.29 is 18.7 Å². The summed E-state index contributed by atoms with van der Waals surface area (Å²) < 4.78 is 28.8. The highest BCUT2D eigenvalue weighted by Crippen LogP contribution is 2.33. The summed E-state index contributed by atoms with van der Waals surface area (Å²) in [5, 5.41) is 23.7. The number of aryl methyl sites for hydroxylation is 1. The maximum atomic E-state index is 14.4. The van der Waals surface area contributed by atoms with Gasteiger partial charge in [0.25, 0.3) is 5.24 Å². The highest BCUT2D eigenvalue weighted by molar-refractivity contribution is 8.13. The smallest absolute Gasteiger partial charge is 0.302 e. The average Bonchev–Trinajstić information content (AvgIpc) is 3.39. The molecule has 1 aromatic carbocycles. The highest BCUT2D eigenvalue weighted by atomic mass is 32.2. The summed E-state index contributed by atoms with van der Waals surface area (Å²) in [7, 11) is 0. The number of halogens is 2. The predicted molar refractivity (Wildman–Crippen MR) is 110 cm³/mol. The normalized spacial score (nSPS) is 18.4. The van der Waals surface area contributed by atoms with Crippen LogP contribution >= 0.6 is 11.8 Å². The van der Waals surface area contributed by atoms with Gasteiger partial charge >= 0.3 is 5.92 Å². The van der Waals surface area contributed by atoms with Gasteiger partial charge in [0.15, 0.2) is 5.82 Å². The van der Waals surface area contributed by atoms with Crippen LogP contribution in [0, 0.1) is 0 Å². The molecule has 2 atom stereocenters. The van der Waals surface area contributed by atoms with Crippen molar-refractivity contribution in [3.05, 3.63) is 53.9 Å². The fourth-order valence-corrected chi connectivity index (χ4v) is 4.27. The van der Waals surface area contributed by atoms with Gasteiger partial charge in [-0.15, -0.1) is 10.2 Å². The molecule has 0 bridgehead atoms. The van der Waals surface area contributed by atoms with Crippen molar-refractivity contribution in [2.75, 3.05) is 12.3 Å². The van der Waals surface area contributed by atoms with Crippen molar-refractivity contribution >= 4 is 17.0 Å². The van der Waals surface area contributed by atoms with Crippen molar-refractivity contribution in [1.82, 2.24) is 25.5 Å². The van der Waals surface area contributed by atoms with Gasteiger partial charge in [0.2, 0.25) is 0 Å². The Hall–Kier alpha value is -2.33.